The quantitative estimate of drug-likeness (QED) is 0.551. The van der Waals surface area contributed by atoms with Crippen LogP contribution in [0.25, 0.3) is 11.1 Å². The van der Waals surface area contributed by atoms with Gasteiger partial charge in [0.25, 0.3) is 5.91 Å². The highest BCUT2D eigenvalue weighted by molar-refractivity contribution is 5.96. The number of nitrogens with zero attached hydrogens (tertiary/aromatic N) is 1. The van der Waals surface area contributed by atoms with Crippen molar-refractivity contribution in [1.82, 2.24) is 4.90 Å². The fourth-order valence-electron chi connectivity index (χ4n) is 4.81. The highest BCUT2D eigenvalue weighted by Crippen LogP contribution is 2.50. The topological polar surface area (TPSA) is 20.3 Å². The Hall–Kier alpha value is -2.94. The third-order valence-corrected chi connectivity index (χ3v) is 6.30. The average molecular weight is 371 g/mol. The summed E-state index contributed by atoms with van der Waals surface area (Å²) in [5, 5.41) is 0. The van der Waals surface area contributed by atoms with Gasteiger partial charge in [-0.2, -0.15) is 0 Å². The second kappa shape index (κ2) is 6.59. The van der Waals surface area contributed by atoms with Gasteiger partial charge in [-0.1, -0.05) is 42.5 Å². The molecule has 2 nitrogen and oxygen atoms in total. The monoisotopic (exact) mass is 371 g/mol. The summed E-state index contributed by atoms with van der Waals surface area (Å²) in [6, 6.07) is 21.1. The van der Waals surface area contributed by atoms with Gasteiger partial charge in [-0.3, -0.25) is 4.79 Å². The molecule has 0 N–H and O–H groups in total. The second-order valence-corrected chi connectivity index (χ2v) is 7.90. The van der Waals surface area contributed by atoms with E-state index >= 15 is 0 Å². The Morgan fingerprint density at radius 1 is 0.964 bits per heavy atom. The van der Waals surface area contributed by atoms with Gasteiger partial charge in [0.1, 0.15) is 5.82 Å². The first-order valence-electron chi connectivity index (χ1n) is 9.88. The van der Waals surface area contributed by atoms with Crippen molar-refractivity contribution in [2.24, 2.45) is 0 Å². The van der Waals surface area contributed by atoms with Crippen molar-refractivity contribution in [3.05, 3.63) is 94.8 Å². The average Bonchev–Trinajstić information content (AvgIpc) is 3.00. The SMILES string of the molecule is Cc1ccccc1C(=O)N1CCC2C[C@@H]1c1cc(-c3ccc(F)cc3)ccc12. The van der Waals surface area contributed by atoms with Crippen LogP contribution in [0, 0.1) is 12.7 Å². The summed E-state index contributed by atoms with van der Waals surface area (Å²) in [4.78, 5) is 15.3. The number of carbonyl (C=O) groups is 1. The van der Waals surface area contributed by atoms with E-state index < -0.39 is 0 Å². The van der Waals surface area contributed by atoms with Crippen molar-refractivity contribution in [3.8, 4) is 11.1 Å². The summed E-state index contributed by atoms with van der Waals surface area (Å²) < 4.78 is 13.3. The number of piperidine rings is 1. The number of aryl methyl sites for hydroxylation is 1. The predicted octanol–water partition coefficient (Wildman–Crippen LogP) is 5.88. The zero-order valence-electron chi connectivity index (χ0n) is 15.9. The van der Waals surface area contributed by atoms with E-state index in [1.54, 1.807) is 0 Å². The van der Waals surface area contributed by atoms with E-state index in [1.807, 2.05) is 43.3 Å². The van der Waals surface area contributed by atoms with E-state index in [9.17, 15) is 9.18 Å². The normalized spacial score (nSPS) is 20.1. The van der Waals surface area contributed by atoms with Crippen LogP contribution in [0.15, 0.2) is 66.7 Å². The van der Waals surface area contributed by atoms with Crippen LogP contribution < -0.4 is 0 Å². The molecule has 2 atom stereocenters. The van der Waals surface area contributed by atoms with Crippen LogP contribution in [-0.2, 0) is 0 Å². The van der Waals surface area contributed by atoms with Crippen LogP contribution in [-0.4, -0.2) is 17.4 Å². The van der Waals surface area contributed by atoms with Gasteiger partial charge in [-0.05, 0) is 77.8 Å². The predicted molar refractivity (Wildman–Crippen MR) is 109 cm³/mol. The molecule has 0 aromatic heterocycles. The smallest absolute Gasteiger partial charge is 0.254 e. The summed E-state index contributed by atoms with van der Waals surface area (Å²) in [7, 11) is 0. The molecule has 3 aromatic carbocycles. The van der Waals surface area contributed by atoms with Gasteiger partial charge < -0.3 is 4.90 Å². The molecule has 0 saturated carbocycles. The Morgan fingerprint density at radius 3 is 2.50 bits per heavy atom. The molecule has 1 aliphatic heterocycles. The molecule has 1 unspecified atom stereocenters. The Morgan fingerprint density at radius 2 is 1.71 bits per heavy atom. The highest BCUT2D eigenvalue weighted by atomic mass is 19.1. The van der Waals surface area contributed by atoms with Gasteiger partial charge in [-0.15, -0.1) is 0 Å². The van der Waals surface area contributed by atoms with Crippen molar-refractivity contribution in [2.45, 2.75) is 31.7 Å². The first-order chi connectivity index (χ1) is 13.6. The second-order valence-electron chi connectivity index (χ2n) is 7.90. The number of amides is 1. The summed E-state index contributed by atoms with van der Waals surface area (Å²) >= 11 is 0. The number of rotatable bonds is 2. The van der Waals surface area contributed by atoms with Crippen molar-refractivity contribution in [1.29, 1.82) is 0 Å². The standard InChI is InChI=1S/C25H22FNO/c1-16-4-2-3-5-21(16)25(28)27-13-12-19-15-24(27)23-14-18(8-11-22(19)23)17-6-9-20(26)10-7-17/h2-11,14,19,24H,12-13,15H2,1H3/t19?,24-/m1/s1. The number of hydrogen-bond donors (Lipinski definition) is 0. The molecule has 1 amide bonds. The number of hydrogen-bond acceptors (Lipinski definition) is 1. The molecule has 28 heavy (non-hydrogen) atoms. The largest absolute Gasteiger partial charge is 0.332 e. The van der Waals surface area contributed by atoms with E-state index in [0.717, 1.165) is 41.6 Å². The van der Waals surface area contributed by atoms with Gasteiger partial charge >= 0.3 is 0 Å². The Balaban J connectivity index is 1.52. The van der Waals surface area contributed by atoms with E-state index in [2.05, 4.69) is 23.1 Å². The Kier molecular flexibility index (Phi) is 4.04. The van der Waals surface area contributed by atoms with E-state index in [0.29, 0.717) is 5.92 Å². The molecule has 2 aliphatic rings. The third kappa shape index (κ3) is 2.73. The lowest BCUT2D eigenvalue weighted by atomic mass is 9.94. The maximum absolute atomic E-state index is 13.3. The number of likely N-dealkylation sites (tertiary alicyclic amines) is 1. The van der Waals surface area contributed by atoms with Gasteiger partial charge in [0.05, 0.1) is 6.04 Å². The third-order valence-electron chi connectivity index (χ3n) is 6.30. The molecule has 0 radical (unpaired) electrons. The molecule has 1 aliphatic carbocycles. The van der Waals surface area contributed by atoms with Crippen molar-refractivity contribution in [2.75, 3.05) is 6.54 Å². The fourth-order valence-corrected chi connectivity index (χ4v) is 4.81. The zero-order valence-corrected chi connectivity index (χ0v) is 15.9. The van der Waals surface area contributed by atoms with Crippen molar-refractivity contribution < 1.29 is 9.18 Å². The molecule has 3 heteroatoms. The van der Waals surface area contributed by atoms with Gasteiger partial charge in [0.15, 0.2) is 0 Å². The molecule has 1 fully saturated rings. The molecule has 2 bridgehead atoms. The van der Waals surface area contributed by atoms with E-state index in [-0.39, 0.29) is 17.8 Å². The molecular formula is C25H22FNO. The van der Waals surface area contributed by atoms with Crippen molar-refractivity contribution >= 4 is 5.91 Å². The maximum Gasteiger partial charge on any atom is 0.254 e. The van der Waals surface area contributed by atoms with E-state index in [4.69, 9.17) is 0 Å². The van der Waals surface area contributed by atoms with Gasteiger partial charge in [0.2, 0.25) is 0 Å². The van der Waals surface area contributed by atoms with Gasteiger partial charge in [0, 0.05) is 12.1 Å². The van der Waals surface area contributed by atoms with E-state index in [1.165, 1.54) is 23.3 Å². The summed E-state index contributed by atoms with van der Waals surface area (Å²) in [5.74, 6) is 0.431. The lowest BCUT2D eigenvalue weighted by Gasteiger charge is -2.34. The lowest BCUT2D eigenvalue weighted by Crippen LogP contribution is -2.37. The van der Waals surface area contributed by atoms with Crippen LogP contribution in [0.4, 0.5) is 4.39 Å². The Bertz CT molecular complexity index is 1060. The molecule has 1 saturated heterocycles. The number of carbonyl (C=O) groups excluding carboxylic acids is 1. The number of halogens is 1. The van der Waals surface area contributed by atoms with Crippen LogP contribution in [0.5, 0.6) is 0 Å². The Labute approximate surface area is 164 Å². The summed E-state index contributed by atoms with van der Waals surface area (Å²) in [6.07, 6.45) is 2.01. The molecule has 0 spiro atoms. The number of benzene rings is 3. The summed E-state index contributed by atoms with van der Waals surface area (Å²) in [5.41, 5.74) is 6.52. The molecule has 1 heterocycles. The minimum atomic E-state index is -0.226. The number of fused-ring (bicyclic) bond motifs is 5. The van der Waals surface area contributed by atoms with Crippen LogP contribution in [0.1, 0.15) is 51.8 Å². The summed E-state index contributed by atoms with van der Waals surface area (Å²) in [6.45, 7) is 2.79. The van der Waals surface area contributed by atoms with Crippen molar-refractivity contribution in [3.63, 3.8) is 0 Å². The molecule has 3 aromatic rings. The first kappa shape index (κ1) is 17.2. The molecular weight excluding hydrogens is 349 g/mol. The lowest BCUT2D eigenvalue weighted by molar-refractivity contribution is 0.0619. The zero-order chi connectivity index (χ0) is 19.3. The first-order valence-corrected chi connectivity index (χ1v) is 9.88. The molecule has 140 valence electrons. The fraction of sp³-hybridized carbons (Fsp3) is 0.240. The molecule has 5 rings (SSSR count). The minimum absolute atomic E-state index is 0.126. The minimum Gasteiger partial charge on any atom is -0.332 e. The van der Waals surface area contributed by atoms with Gasteiger partial charge in [-0.25, -0.2) is 4.39 Å². The van der Waals surface area contributed by atoms with Crippen LogP contribution in [0.3, 0.4) is 0 Å². The van der Waals surface area contributed by atoms with Crippen LogP contribution >= 0.6 is 0 Å². The highest BCUT2D eigenvalue weighted by Gasteiger charge is 2.41. The maximum atomic E-state index is 13.3. The van der Waals surface area contributed by atoms with Crippen LogP contribution in [0.2, 0.25) is 0 Å².